The summed E-state index contributed by atoms with van der Waals surface area (Å²) >= 11 is 0. The average molecular weight is 341 g/mol. The molecule has 128 valence electrons. The van der Waals surface area contributed by atoms with Crippen LogP contribution in [-0.2, 0) is 13.6 Å². The van der Waals surface area contributed by atoms with Gasteiger partial charge in [-0.3, -0.25) is 4.57 Å². The van der Waals surface area contributed by atoms with E-state index in [1.165, 1.54) is 26.7 Å². The topological polar surface area (TPSA) is 84.9 Å². The van der Waals surface area contributed by atoms with Gasteiger partial charge in [0.05, 0.1) is 5.56 Å². The number of rotatable bonds is 7. The van der Waals surface area contributed by atoms with Gasteiger partial charge in [0.2, 0.25) is 0 Å². The molecule has 1 aromatic carbocycles. The van der Waals surface area contributed by atoms with Gasteiger partial charge in [-0.2, -0.15) is 0 Å². The van der Waals surface area contributed by atoms with Gasteiger partial charge in [0.25, 0.3) is 0 Å². The highest BCUT2D eigenvalue weighted by atomic mass is 31.2. The monoisotopic (exact) mass is 341 g/mol. The van der Waals surface area contributed by atoms with Gasteiger partial charge in [-0.25, -0.2) is 4.79 Å². The summed E-state index contributed by atoms with van der Waals surface area (Å²) < 4.78 is 23.4. The van der Waals surface area contributed by atoms with Crippen molar-refractivity contribution in [1.29, 1.82) is 0 Å². The second kappa shape index (κ2) is 7.95. The Hall–Kier alpha value is -1.36. The predicted molar refractivity (Wildman–Crippen MR) is 89.0 cm³/mol. The van der Waals surface area contributed by atoms with Crippen LogP contribution in [-0.4, -0.2) is 31.1 Å². The minimum atomic E-state index is -3.38. The molecule has 7 heteroatoms. The van der Waals surface area contributed by atoms with Crippen molar-refractivity contribution in [2.24, 2.45) is 5.92 Å². The summed E-state index contributed by atoms with van der Waals surface area (Å²) in [6.45, 7) is 0. The molecular weight excluding hydrogens is 317 g/mol. The minimum absolute atomic E-state index is 0.122. The largest absolute Gasteiger partial charge is 0.478 e. The van der Waals surface area contributed by atoms with E-state index in [2.05, 4.69) is 5.32 Å². The van der Waals surface area contributed by atoms with Crippen molar-refractivity contribution in [2.75, 3.05) is 19.5 Å². The van der Waals surface area contributed by atoms with E-state index in [-0.39, 0.29) is 11.5 Å². The van der Waals surface area contributed by atoms with Gasteiger partial charge in [-0.05, 0) is 30.9 Å². The number of para-hydroxylation sites is 1. The first-order valence-corrected chi connectivity index (χ1v) is 9.43. The number of carboxylic acid groups (broad SMARTS) is 1. The molecule has 1 atom stereocenters. The molecule has 1 aliphatic rings. The molecule has 0 aliphatic heterocycles. The number of aromatic carboxylic acids is 1. The van der Waals surface area contributed by atoms with Crippen LogP contribution in [0, 0.1) is 5.92 Å². The van der Waals surface area contributed by atoms with Crippen LogP contribution < -0.4 is 5.32 Å². The van der Waals surface area contributed by atoms with E-state index in [9.17, 15) is 14.5 Å². The molecule has 0 spiro atoms. The molecule has 0 amide bonds. The summed E-state index contributed by atoms with van der Waals surface area (Å²) in [5, 5.41) is 12.5. The molecule has 1 aliphatic carbocycles. The quantitative estimate of drug-likeness (QED) is 0.724. The Bertz CT molecular complexity index is 578. The van der Waals surface area contributed by atoms with E-state index in [1.54, 1.807) is 18.2 Å². The normalized spacial score (nSPS) is 17.7. The van der Waals surface area contributed by atoms with Gasteiger partial charge < -0.3 is 19.5 Å². The summed E-state index contributed by atoms with van der Waals surface area (Å²) in [5.74, 6) is -1.46. The van der Waals surface area contributed by atoms with Crippen LogP contribution in [0.4, 0.5) is 5.69 Å². The van der Waals surface area contributed by atoms with Crippen LogP contribution in [0.1, 0.15) is 42.5 Å². The summed E-state index contributed by atoms with van der Waals surface area (Å²) in [6.07, 6.45) is 5.14. The van der Waals surface area contributed by atoms with Crippen molar-refractivity contribution in [3.8, 4) is 0 Å². The highest BCUT2D eigenvalue weighted by molar-refractivity contribution is 7.54. The Morgan fingerprint density at radius 3 is 2.39 bits per heavy atom. The zero-order valence-electron chi connectivity index (χ0n) is 13.5. The van der Waals surface area contributed by atoms with Gasteiger partial charge in [0.15, 0.2) is 0 Å². The van der Waals surface area contributed by atoms with Crippen molar-refractivity contribution < 1.29 is 23.5 Å². The summed E-state index contributed by atoms with van der Waals surface area (Å²) in [4.78, 5) is 11.4. The first-order valence-electron chi connectivity index (χ1n) is 7.82. The van der Waals surface area contributed by atoms with Gasteiger partial charge in [-0.1, -0.05) is 31.4 Å². The maximum Gasteiger partial charge on any atom is 0.352 e. The highest BCUT2D eigenvalue weighted by Crippen LogP contribution is 2.56. The van der Waals surface area contributed by atoms with Crippen LogP contribution in [0.15, 0.2) is 24.3 Å². The number of carboxylic acids is 1. The molecule has 1 fully saturated rings. The van der Waals surface area contributed by atoms with E-state index in [0.717, 1.165) is 25.7 Å². The van der Waals surface area contributed by atoms with Crippen LogP contribution in [0.5, 0.6) is 0 Å². The lowest BCUT2D eigenvalue weighted by atomic mass is 9.89. The Labute approximate surface area is 136 Å². The number of benzene rings is 1. The molecule has 23 heavy (non-hydrogen) atoms. The molecule has 6 nitrogen and oxygen atoms in total. The molecule has 0 bridgehead atoms. The van der Waals surface area contributed by atoms with E-state index in [4.69, 9.17) is 9.05 Å². The first-order chi connectivity index (χ1) is 11.0. The lowest BCUT2D eigenvalue weighted by Gasteiger charge is -2.35. The number of hydrogen-bond donors (Lipinski definition) is 2. The van der Waals surface area contributed by atoms with Crippen molar-refractivity contribution >= 4 is 19.3 Å². The molecular formula is C16H24NO5P. The molecule has 0 aromatic heterocycles. The van der Waals surface area contributed by atoms with Gasteiger partial charge in [0.1, 0.15) is 5.78 Å². The van der Waals surface area contributed by atoms with E-state index in [1.807, 2.05) is 0 Å². The molecule has 2 rings (SSSR count). The standard InChI is InChI=1S/C16H24NO5P/c1-21-23(20,22-2)15(12-8-4-3-5-9-12)17-14-11-7-6-10-13(14)16(18)19/h6-7,10-12,15,17H,3-5,8-9H2,1-2H3,(H,18,19). The van der Waals surface area contributed by atoms with Crippen molar-refractivity contribution in [2.45, 2.75) is 37.9 Å². The minimum Gasteiger partial charge on any atom is -0.478 e. The van der Waals surface area contributed by atoms with Gasteiger partial charge in [0, 0.05) is 19.9 Å². The number of anilines is 1. The molecule has 1 unspecified atom stereocenters. The zero-order chi connectivity index (χ0) is 16.9. The van der Waals surface area contributed by atoms with E-state index in [0.29, 0.717) is 5.69 Å². The fraction of sp³-hybridized carbons (Fsp3) is 0.562. The molecule has 0 heterocycles. The SMILES string of the molecule is COP(=O)(OC)C(Nc1ccccc1C(=O)O)C1CCCCC1. The third-order valence-corrected chi connectivity index (χ3v) is 6.66. The Morgan fingerprint density at radius 2 is 1.83 bits per heavy atom. The fourth-order valence-electron chi connectivity index (χ4n) is 3.16. The number of carbonyl (C=O) groups is 1. The third kappa shape index (κ3) is 4.14. The van der Waals surface area contributed by atoms with Gasteiger partial charge >= 0.3 is 13.6 Å². The number of hydrogen-bond acceptors (Lipinski definition) is 5. The number of nitrogens with one attached hydrogen (secondary N) is 1. The van der Waals surface area contributed by atoms with Crippen molar-refractivity contribution in [3.05, 3.63) is 29.8 Å². The van der Waals surface area contributed by atoms with Crippen molar-refractivity contribution in [3.63, 3.8) is 0 Å². The van der Waals surface area contributed by atoms with E-state index < -0.39 is 19.3 Å². The summed E-state index contributed by atoms with van der Waals surface area (Å²) in [7, 11) is -0.647. The van der Waals surface area contributed by atoms with Crippen LogP contribution in [0.25, 0.3) is 0 Å². The molecule has 1 aromatic rings. The van der Waals surface area contributed by atoms with Crippen molar-refractivity contribution in [1.82, 2.24) is 0 Å². The van der Waals surface area contributed by atoms with E-state index >= 15 is 0 Å². The van der Waals surface area contributed by atoms with Crippen LogP contribution in [0.3, 0.4) is 0 Å². The molecule has 2 N–H and O–H groups in total. The predicted octanol–water partition coefficient (Wildman–Crippen LogP) is 4.19. The fourth-order valence-corrected chi connectivity index (χ4v) is 4.88. The molecule has 0 saturated heterocycles. The Balaban J connectivity index is 2.34. The smallest absolute Gasteiger partial charge is 0.352 e. The summed E-state index contributed by atoms with van der Waals surface area (Å²) in [6, 6.07) is 6.61. The maximum atomic E-state index is 13.0. The molecule has 1 saturated carbocycles. The third-order valence-electron chi connectivity index (χ3n) is 4.41. The second-order valence-corrected chi connectivity index (χ2v) is 8.11. The molecule has 0 radical (unpaired) electrons. The lowest BCUT2D eigenvalue weighted by Crippen LogP contribution is -2.32. The second-order valence-electron chi connectivity index (χ2n) is 5.74. The zero-order valence-corrected chi connectivity index (χ0v) is 14.4. The van der Waals surface area contributed by atoms with Crippen LogP contribution >= 0.6 is 7.60 Å². The Kier molecular flexibility index (Phi) is 6.22. The lowest BCUT2D eigenvalue weighted by molar-refractivity contribution is 0.0697. The summed E-state index contributed by atoms with van der Waals surface area (Å²) in [5.41, 5.74) is 0.581. The highest BCUT2D eigenvalue weighted by Gasteiger charge is 2.40. The Morgan fingerprint density at radius 1 is 1.22 bits per heavy atom. The maximum absolute atomic E-state index is 13.0. The van der Waals surface area contributed by atoms with Gasteiger partial charge in [-0.15, -0.1) is 0 Å². The average Bonchev–Trinajstić information content (AvgIpc) is 2.60. The van der Waals surface area contributed by atoms with Crippen LogP contribution in [0.2, 0.25) is 0 Å². The first kappa shape index (κ1) is 18.0.